The number of aromatic nitrogens is 1. The Kier molecular flexibility index (Phi) is 7.43. The van der Waals surface area contributed by atoms with Crippen LogP contribution in [0.2, 0.25) is 0 Å². The van der Waals surface area contributed by atoms with Crippen LogP contribution < -0.4 is 5.32 Å². The van der Waals surface area contributed by atoms with Crippen molar-refractivity contribution in [3.63, 3.8) is 0 Å². The lowest BCUT2D eigenvalue weighted by Crippen LogP contribution is -2.57. The minimum atomic E-state index is -0.671. The van der Waals surface area contributed by atoms with Crippen molar-refractivity contribution in [3.8, 4) is 11.1 Å². The van der Waals surface area contributed by atoms with Crippen LogP contribution in [0.4, 0.5) is 0 Å². The summed E-state index contributed by atoms with van der Waals surface area (Å²) in [6.07, 6.45) is 8.15. The van der Waals surface area contributed by atoms with E-state index in [1.807, 2.05) is 43.0 Å². The second-order valence-electron chi connectivity index (χ2n) is 9.70. The van der Waals surface area contributed by atoms with E-state index >= 15 is 0 Å². The summed E-state index contributed by atoms with van der Waals surface area (Å²) >= 11 is 0. The molecule has 3 heterocycles. The van der Waals surface area contributed by atoms with Gasteiger partial charge in [-0.05, 0) is 81.2 Å². The molecule has 4 rings (SSSR count). The van der Waals surface area contributed by atoms with Crippen molar-refractivity contribution in [2.45, 2.75) is 64.5 Å². The molecule has 176 valence electrons. The fourth-order valence-corrected chi connectivity index (χ4v) is 5.14. The average Bonchev–Trinajstić information content (AvgIpc) is 2.85. The molecule has 1 aromatic heterocycles. The highest BCUT2D eigenvalue weighted by Gasteiger charge is 2.45. The predicted octanol–water partition coefficient (Wildman–Crippen LogP) is 3.99. The van der Waals surface area contributed by atoms with E-state index in [0.717, 1.165) is 48.8 Å². The van der Waals surface area contributed by atoms with Crippen molar-refractivity contribution in [1.82, 2.24) is 15.2 Å². The minimum Gasteiger partial charge on any atom is -0.368 e. The Bertz CT molecular complexity index is 956. The van der Waals surface area contributed by atoms with Crippen LogP contribution in [0.25, 0.3) is 11.1 Å². The number of pyridine rings is 1. The molecule has 2 amide bonds. The molecule has 2 fully saturated rings. The fourth-order valence-electron chi connectivity index (χ4n) is 5.14. The second kappa shape index (κ2) is 10.5. The lowest BCUT2D eigenvalue weighted by molar-refractivity contribution is -0.152. The number of nitrogens with one attached hydrogen (secondary N) is 1. The van der Waals surface area contributed by atoms with Crippen molar-refractivity contribution in [3.05, 3.63) is 54.4 Å². The number of likely N-dealkylation sites (tertiary alicyclic amines) is 1. The maximum Gasteiger partial charge on any atom is 0.251 e. The largest absolute Gasteiger partial charge is 0.368 e. The van der Waals surface area contributed by atoms with Gasteiger partial charge in [0.15, 0.2) is 0 Å². The topological polar surface area (TPSA) is 71.5 Å². The van der Waals surface area contributed by atoms with Crippen LogP contribution >= 0.6 is 0 Å². The molecule has 0 unspecified atom stereocenters. The number of nitrogens with zero attached hydrogens (tertiary/aromatic N) is 2. The summed E-state index contributed by atoms with van der Waals surface area (Å²) in [5, 5.41) is 3.15. The van der Waals surface area contributed by atoms with Gasteiger partial charge in [0.1, 0.15) is 6.10 Å². The Hall–Kier alpha value is -2.73. The number of benzene rings is 1. The number of rotatable bonds is 6. The zero-order valence-electron chi connectivity index (χ0n) is 19.8. The highest BCUT2D eigenvalue weighted by molar-refractivity contribution is 5.86. The first kappa shape index (κ1) is 23.4. The summed E-state index contributed by atoms with van der Waals surface area (Å²) in [6.45, 7) is 5.72. The molecule has 2 aliphatic heterocycles. The van der Waals surface area contributed by atoms with Crippen molar-refractivity contribution in [1.29, 1.82) is 0 Å². The normalized spacial score (nSPS) is 23.4. The summed E-state index contributed by atoms with van der Waals surface area (Å²) in [6, 6.07) is 12.3. The lowest BCUT2D eigenvalue weighted by atomic mass is 9.73. The van der Waals surface area contributed by atoms with Crippen LogP contribution in [0, 0.1) is 5.41 Å². The van der Waals surface area contributed by atoms with Gasteiger partial charge in [-0.15, -0.1) is 0 Å². The fraction of sp³-hybridized carbons (Fsp3) is 0.519. The maximum atomic E-state index is 13.6. The first-order valence-corrected chi connectivity index (χ1v) is 12.2. The van der Waals surface area contributed by atoms with Gasteiger partial charge in [-0.25, -0.2) is 0 Å². The Balaban J connectivity index is 1.64. The summed E-state index contributed by atoms with van der Waals surface area (Å²) in [5.74, 6) is 0.0719. The SMILES string of the molecule is CC(C)NC(=O)[C@]1(Cc2ccccc2-c2ccncc2)CCCN(C(=O)[C@H]2CCCCO2)C1. The number of hydrogen-bond acceptors (Lipinski definition) is 4. The van der Waals surface area contributed by atoms with Crippen molar-refractivity contribution in [2.75, 3.05) is 19.7 Å². The molecule has 0 saturated carbocycles. The molecule has 0 radical (unpaired) electrons. The zero-order valence-corrected chi connectivity index (χ0v) is 19.8. The van der Waals surface area contributed by atoms with Crippen LogP contribution in [-0.2, 0) is 20.7 Å². The van der Waals surface area contributed by atoms with E-state index in [4.69, 9.17) is 4.74 Å². The van der Waals surface area contributed by atoms with Gasteiger partial charge in [0.2, 0.25) is 5.91 Å². The van der Waals surface area contributed by atoms with E-state index in [1.54, 1.807) is 12.4 Å². The Morgan fingerprint density at radius 1 is 1.15 bits per heavy atom. The van der Waals surface area contributed by atoms with Gasteiger partial charge in [-0.1, -0.05) is 24.3 Å². The van der Waals surface area contributed by atoms with E-state index in [9.17, 15) is 9.59 Å². The van der Waals surface area contributed by atoms with Gasteiger partial charge in [0.25, 0.3) is 5.91 Å². The molecule has 1 N–H and O–H groups in total. The maximum absolute atomic E-state index is 13.6. The van der Waals surface area contributed by atoms with E-state index in [0.29, 0.717) is 26.1 Å². The number of carbonyl (C=O) groups is 2. The molecule has 2 atom stereocenters. The molecule has 6 heteroatoms. The molecule has 6 nitrogen and oxygen atoms in total. The van der Waals surface area contributed by atoms with Gasteiger partial charge >= 0.3 is 0 Å². The second-order valence-corrected chi connectivity index (χ2v) is 9.70. The smallest absolute Gasteiger partial charge is 0.251 e. The molecule has 2 saturated heterocycles. The van der Waals surface area contributed by atoms with E-state index in [2.05, 4.69) is 22.4 Å². The Morgan fingerprint density at radius 2 is 1.94 bits per heavy atom. The molecule has 33 heavy (non-hydrogen) atoms. The van der Waals surface area contributed by atoms with Crippen molar-refractivity contribution in [2.24, 2.45) is 5.41 Å². The third-order valence-corrected chi connectivity index (χ3v) is 6.78. The van der Waals surface area contributed by atoms with E-state index in [1.165, 1.54) is 0 Å². The minimum absolute atomic E-state index is 0.0316. The van der Waals surface area contributed by atoms with E-state index < -0.39 is 5.41 Å². The van der Waals surface area contributed by atoms with Gasteiger partial charge in [-0.2, -0.15) is 0 Å². The van der Waals surface area contributed by atoms with Crippen LogP contribution in [0.15, 0.2) is 48.8 Å². The quantitative estimate of drug-likeness (QED) is 0.724. The average molecular weight is 450 g/mol. The molecular weight excluding hydrogens is 414 g/mol. The molecule has 2 aromatic rings. The summed E-state index contributed by atoms with van der Waals surface area (Å²) in [5.41, 5.74) is 2.64. The van der Waals surface area contributed by atoms with Crippen LogP contribution in [0.5, 0.6) is 0 Å². The standard InChI is InChI=1S/C27H35N3O3/c1-20(2)29-26(32)27(13-7-16-30(19-27)25(31)24-10-5-6-17-33-24)18-22-8-3-4-9-23(22)21-11-14-28-15-12-21/h3-4,8-9,11-12,14-15,20,24H,5-7,10,13,16-19H2,1-2H3,(H,29,32)/t24-,27+/m1/s1. The highest BCUT2D eigenvalue weighted by atomic mass is 16.5. The highest BCUT2D eigenvalue weighted by Crippen LogP contribution is 2.38. The molecule has 0 spiro atoms. The number of piperidine rings is 1. The molecule has 1 aromatic carbocycles. The first-order chi connectivity index (χ1) is 16.0. The monoisotopic (exact) mass is 449 g/mol. The Morgan fingerprint density at radius 3 is 2.67 bits per heavy atom. The number of amides is 2. The van der Waals surface area contributed by atoms with Gasteiger partial charge in [0.05, 0.1) is 5.41 Å². The first-order valence-electron chi connectivity index (χ1n) is 12.2. The number of hydrogen-bond donors (Lipinski definition) is 1. The summed E-state index contributed by atoms with van der Waals surface area (Å²) in [7, 11) is 0. The molecular formula is C27H35N3O3. The predicted molar refractivity (Wildman–Crippen MR) is 128 cm³/mol. The van der Waals surface area contributed by atoms with Gasteiger partial charge in [0, 0.05) is 38.1 Å². The van der Waals surface area contributed by atoms with Crippen LogP contribution in [0.3, 0.4) is 0 Å². The summed E-state index contributed by atoms with van der Waals surface area (Å²) in [4.78, 5) is 33.0. The van der Waals surface area contributed by atoms with Crippen molar-refractivity contribution < 1.29 is 14.3 Å². The zero-order chi connectivity index (χ0) is 23.3. The molecule has 2 aliphatic rings. The van der Waals surface area contributed by atoms with Gasteiger partial charge < -0.3 is 15.0 Å². The Labute approximate surface area is 196 Å². The van der Waals surface area contributed by atoms with E-state index in [-0.39, 0.29) is 24.0 Å². The molecule has 0 bridgehead atoms. The van der Waals surface area contributed by atoms with Crippen molar-refractivity contribution >= 4 is 11.8 Å². The van der Waals surface area contributed by atoms with Crippen LogP contribution in [0.1, 0.15) is 51.5 Å². The van der Waals surface area contributed by atoms with Gasteiger partial charge in [-0.3, -0.25) is 14.6 Å². The van der Waals surface area contributed by atoms with Crippen LogP contribution in [-0.4, -0.2) is 53.5 Å². The lowest BCUT2D eigenvalue weighted by Gasteiger charge is -2.43. The molecule has 0 aliphatic carbocycles. The summed E-state index contributed by atoms with van der Waals surface area (Å²) < 4.78 is 5.78. The number of ether oxygens (including phenoxy) is 1. The third-order valence-electron chi connectivity index (χ3n) is 6.78. The number of carbonyl (C=O) groups excluding carboxylic acids is 2. The third kappa shape index (κ3) is 5.44.